The topological polar surface area (TPSA) is 52.1 Å². The van der Waals surface area contributed by atoms with Crippen LogP contribution in [0.5, 0.6) is 5.75 Å². The Hall–Kier alpha value is -2.57. The Balaban J connectivity index is 1.22. The van der Waals surface area contributed by atoms with Gasteiger partial charge in [0.25, 0.3) is 0 Å². The van der Waals surface area contributed by atoms with Crippen LogP contribution in [0.4, 0.5) is 0 Å². The summed E-state index contributed by atoms with van der Waals surface area (Å²) in [6, 6.07) is 17.2. The second kappa shape index (κ2) is 11.3. The second-order valence-electron chi connectivity index (χ2n) is 9.04. The number of rotatable bonds is 9. The lowest BCUT2D eigenvalue weighted by Gasteiger charge is -2.32. The van der Waals surface area contributed by atoms with Crippen molar-refractivity contribution >= 4 is 5.96 Å². The number of para-hydroxylation sites is 1. The van der Waals surface area contributed by atoms with E-state index < -0.39 is 0 Å². The van der Waals surface area contributed by atoms with Crippen LogP contribution in [-0.2, 0) is 19.6 Å². The molecule has 172 valence electrons. The first-order chi connectivity index (χ1) is 15.7. The van der Waals surface area contributed by atoms with Crippen molar-refractivity contribution in [1.82, 2.24) is 20.4 Å². The average Bonchev–Trinajstić information content (AvgIpc) is 3.65. The number of hydrogen-bond acceptors (Lipinski definition) is 4. The van der Waals surface area contributed by atoms with E-state index in [9.17, 15) is 0 Å². The highest BCUT2D eigenvalue weighted by Gasteiger charge is 2.22. The third-order valence-corrected chi connectivity index (χ3v) is 6.30. The molecule has 2 fully saturated rings. The van der Waals surface area contributed by atoms with E-state index in [4.69, 9.17) is 4.74 Å². The summed E-state index contributed by atoms with van der Waals surface area (Å²) in [6.07, 6.45) is 2.60. The molecule has 1 aliphatic carbocycles. The van der Waals surface area contributed by atoms with E-state index in [2.05, 4.69) is 74.9 Å². The van der Waals surface area contributed by atoms with E-state index in [1.54, 1.807) is 0 Å². The first kappa shape index (κ1) is 22.6. The maximum atomic E-state index is 6.02. The number of likely N-dealkylation sites (N-methyl/N-ethyl adjacent to an activating group) is 1. The molecule has 1 saturated heterocycles. The van der Waals surface area contributed by atoms with Gasteiger partial charge in [0.2, 0.25) is 0 Å². The normalized spacial score (nSPS) is 17.9. The molecule has 0 bridgehead atoms. The number of nitrogens with one attached hydrogen (secondary N) is 2. The van der Waals surface area contributed by atoms with E-state index in [0.29, 0.717) is 6.54 Å². The number of ether oxygens (including phenoxy) is 1. The minimum absolute atomic E-state index is 0.685. The standard InChI is InChI=1S/C26H37N5O/c1-27-26(29-18-24-5-3-4-6-25(24)32-20-23-11-12-23)28-17-21-7-9-22(10-8-21)19-31-15-13-30(2)14-16-31/h3-10,23H,11-20H2,1-2H3,(H2,27,28,29). The van der Waals surface area contributed by atoms with Crippen LogP contribution in [0.25, 0.3) is 0 Å². The van der Waals surface area contributed by atoms with Crippen molar-refractivity contribution in [3.8, 4) is 5.75 Å². The summed E-state index contributed by atoms with van der Waals surface area (Å²) in [5.74, 6) is 2.51. The Labute approximate surface area is 192 Å². The Morgan fingerprint density at radius 2 is 1.62 bits per heavy atom. The Kier molecular flexibility index (Phi) is 8.02. The molecule has 1 aliphatic heterocycles. The molecule has 0 atom stereocenters. The van der Waals surface area contributed by atoms with E-state index in [0.717, 1.165) is 69.1 Å². The number of aliphatic imine (C=N–C) groups is 1. The van der Waals surface area contributed by atoms with Crippen LogP contribution < -0.4 is 15.4 Å². The quantitative estimate of drug-likeness (QED) is 0.468. The zero-order valence-corrected chi connectivity index (χ0v) is 19.5. The van der Waals surface area contributed by atoms with Crippen LogP contribution in [0.1, 0.15) is 29.5 Å². The van der Waals surface area contributed by atoms with Crippen LogP contribution in [0.3, 0.4) is 0 Å². The largest absolute Gasteiger partial charge is 0.493 e. The van der Waals surface area contributed by atoms with Gasteiger partial charge in [-0.05, 0) is 43.0 Å². The van der Waals surface area contributed by atoms with Gasteiger partial charge in [-0.2, -0.15) is 0 Å². The van der Waals surface area contributed by atoms with Gasteiger partial charge in [-0.3, -0.25) is 9.89 Å². The summed E-state index contributed by atoms with van der Waals surface area (Å²) in [4.78, 5) is 9.30. The van der Waals surface area contributed by atoms with Crippen LogP contribution in [0.2, 0.25) is 0 Å². The average molecular weight is 436 g/mol. The highest BCUT2D eigenvalue weighted by Crippen LogP contribution is 2.30. The fourth-order valence-corrected chi connectivity index (χ4v) is 3.89. The first-order valence-electron chi connectivity index (χ1n) is 11.8. The van der Waals surface area contributed by atoms with Gasteiger partial charge in [0.15, 0.2) is 5.96 Å². The fourth-order valence-electron chi connectivity index (χ4n) is 3.89. The zero-order chi connectivity index (χ0) is 22.2. The number of piperazine rings is 1. The summed E-state index contributed by atoms with van der Waals surface area (Å²) in [7, 11) is 4.01. The monoisotopic (exact) mass is 435 g/mol. The van der Waals surface area contributed by atoms with Crippen LogP contribution in [0.15, 0.2) is 53.5 Å². The van der Waals surface area contributed by atoms with E-state index >= 15 is 0 Å². The van der Waals surface area contributed by atoms with Gasteiger partial charge in [-0.25, -0.2) is 0 Å². The van der Waals surface area contributed by atoms with Crippen molar-refractivity contribution in [1.29, 1.82) is 0 Å². The third kappa shape index (κ3) is 6.97. The molecule has 2 aromatic rings. The smallest absolute Gasteiger partial charge is 0.191 e. The van der Waals surface area contributed by atoms with E-state index in [-0.39, 0.29) is 0 Å². The maximum Gasteiger partial charge on any atom is 0.191 e. The Morgan fingerprint density at radius 1 is 0.938 bits per heavy atom. The molecule has 0 amide bonds. The molecule has 6 heteroatoms. The van der Waals surface area contributed by atoms with Gasteiger partial charge in [0.05, 0.1) is 6.61 Å². The molecule has 32 heavy (non-hydrogen) atoms. The van der Waals surface area contributed by atoms with Gasteiger partial charge < -0.3 is 20.3 Å². The lowest BCUT2D eigenvalue weighted by atomic mass is 10.1. The number of hydrogen-bond donors (Lipinski definition) is 2. The van der Waals surface area contributed by atoms with Crippen molar-refractivity contribution < 1.29 is 4.74 Å². The van der Waals surface area contributed by atoms with Crippen LogP contribution in [0, 0.1) is 5.92 Å². The van der Waals surface area contributed by atoms with Crippen molar-refractivity contribution in [3.63, 3.8) is 0 Å². The van der Waals surface area contributed by atoms with Gasteiger partial charge in [0, 0.05) is 58.4 Å². The highest BCUT2D eigenvalue weighted by molar-refractivity contribution is 5.79. The minimum atomic E-state index is 0.685. The van der Waals surface area contributed by atoms with Crippen molar-refractivity contribution in [2.24, 2.45) is 10.9 Å². The molecule has 4 rings (SSSR count). The summed E-state index contributed by atoms with van der Waals surface area (Å²) in [5.41, 5.74) is 3.79. The zero-order valence-electron chi connectivity index (χ0n) is 19.5. The maximum absolute atomic E-state index is 6.02. The predicted octanol–water partition coefficient (Wildman–Crippen LogP) is 3.09. The first-order valence-corrected chi connectivity index (χ1v) is 11.8. The molecule has 0 radical (unpaired) electrons. The summed E-state index contributed by atoms with van der Waals surface area (Å²) < 4.78 is 6.02. The SMILES string of the molecule is CN=C(NCc1ccc(CN2CCN(C)CC2)cc1)NCc1ccccc1OCC1CC1. The molecule has 0 aromatic heterocycles. The van der Waals surface area contributed by atoms with Gasteiger partial charge in [-0.15, -0.1) is 0 Å². The molecule has 0 unspecified atom stereocenters. The molecular formula is C26H37N5O. The van der Waals surface area contributed by atoms with Gasteiger partial charge in [0.1, 0.15) is 5.75 Å². The Morgan fingerprint density at radius 3 is 2.34 bits per heavy atom. The van der Waals surface area contributed by atoms with E-state index in [1.807, 2.05) is 13.1 Å². The number of benzene rings is 2. The summed E-state index contributed by atoms with van der Waals surface area (Å²) in [6.45, 7) is 7.91. The molecule has 2 aromatic carbocycles. The van der Waals surface area contributed by atoms with Crippen LogP contribution in [-0.4, -0.2) is 62.6 Å². The highest BCUT2D eigenvalue weighted by atomic mass is 16.5. The lowest BCUT2D eigenvalue weighted by molar-refractivity contribution is 0.148. The molecule has 1 heterocycles. The number of nitrogens with zero attached hydrogens (tertiary/aromatic N) is 3. The molecule has 6 nitrogen and oxygen atoms in total. The van der Waals surface area contributed by atoms with Crippen molar-refractivity contribution in [2.75, 3.05) is 46.9 Å². The lowest BCUT2D eigenvalue weighted by Crippen LogP contribution is -2.43. The molecule has 0 spiro atoms. The summed E-state index contributed by atoms with van der Waals surface area (Å²) >= 11 is 0. The van der Waals surface area contributed by atoms with E-state index in [1.165, 1.54) is 24.0 Å². The fraction of sp³-hybridized carbons (Fsp3) is 0.500. The predicted molar refractivity (Wildman–Crippen MR) is 131 cm³/mol. The molecular weight excluding hydrogens is 398 g/mol. The molecule has 1 saturated carbocycles. The van der Waals surface area contributed by atoms with Crippen molar-refractivity contribution in [3.05, 3.63) is 65.2 Å². The Bertz CT molecular complexity index is 870. The van der Waals surface area contributed by atoms with Gasteiger partial charge in [-0.1, -0.05) is 42.5 Å². The van der Waals surface area contributed by atoms with Gasteiger partial charge >= 0.3 is 0 Å². The minimum Gasteiger partial charge on any atom is -0.493 e. The van der Waals surface area contributed by atoms with Crippen LogP contribution >= 0.6 is 0 Å². The summed E-state index contributed by atoms with van der Waals surface area (Å²) in [5, 5.41) is 6.84. The third-order valence-electron chi connectivity index (χ3n) is 6.30. The second-order valence-corrected chi connectivity index (χ2v) is 9.04. The van der Waals surface area contributed by atoms with Crippen molar-refractivity contribution in [2.45, 2.75) is 32.5 Å². The molecule has 2 N–H and O–H groups in total. The molecule has 2 aliphatic rings. The number of guanidine groups is 1.